The number of nitrogens with zero attached hydrogens (tertiary/aromatic N) is 2. The summed E-state index contributed by atoms with van der Waals surface area (Å²) < 4.78 is 82.0. The van der Waals surface area contributed by atoms with Crippen molar-refractivity contribution in [1.82, 2.24) is 8.61 Å². The summed E-state index contributed by atoms with van der Waals surface area (Å²) in [4.78, 5) is 0. The third-order valence-corrected chi connectivity index (χ3v) is 10.3. The molecule has 0 saturated carbocycles. The maximum absolute atomic E-state index is 13.9. The van der Waals surface area contributed by atoms with E-state index in [1.165, 1.54) is 12.1 Å². The molecule has 0 bridgehead atoms. The molecule has 0 N–H and O–H groups in total. The summed E-state index contributed by atoms with van der Waals surface area (Å²) in [6.07, 6.45) is 3.12. The molecular weight excluding hydrogens is 536 g/mol. The van der Waals surface area contributed by atoms with Crippen molar-refractivity contribution in [3.05, 3.63) is 70.8 Å². The molecule has 2 aliphatic rings. The molecule has 2 aromatic carbocycles. The largest absolute Gasteiger partial charge is 0.242 e. The van der Waals surface area contributed by atoms with Crippen LogP contribution in [0.15, 0.2) is 36.4 Å². The van der Waals surface area contributed by atoms with Crippen LogP contribution in [0.2, 0.25) is 0 Å². The summed E-state index contributed by atoms with van der Waals surface area (Å²) in [7, 11) is -2.43. The highest BCUT2D eigenvalue weighted by Crippen LogP contribution is 2.38. The van der Waals surface area contributed by atoms with Gasteiger partial charge in [-0.1, -0.05) is 0 Å². The van der Waals surface area contributed by atoms with Crippen LogP contribution < -0.4 is 0 Å². The Morgan fingerprint density at radius 2 is 1.00 bits per heavy atom. The first kappa shape index (κ1) is 30.9. The fraction of sp³-hybridized carbons (Fsp3) is 0.571. The van der Waals surface area contributed by atoms with Gasteiger partial charge in [0.2, 0.25) is 0 Å². The number of hydrogen-bond acceptors (Lipinski definition) is 2. The number of hydrogen-bond donors (Lipinski definition) is 0. The minimum absolute atomic E-state index is 0.296. The van der Waals surface area contributed by atoms with E-state index >= 15 is 0 Å². The molecule has 4 rings (SSSR count). The molecule has 4 nitrogen and oxygen atoms in total. The van der Waals surface area contributed by atoms with Gasteiger partial charge in [0.25, 0.3) is 0 Å². The van der Waals surface area contributed by atoms with E-state index in [-0.39, 0.29) is 12.1 Å². The topological polar surface area (TPSA) is 40.6 Å². The summed E-state index contributed by atoms with van der Waals surface area (Å²) in [5, 5.41) is 0. The van der Waals surface area contributed by atoms with Crippen LogP contribution >= 0.6 is 0 Å². The lowest BCUT2D eigenvalue weighted by Crippen LogP contribution is -2.37. The molecule has 0 unspecified atom stereocenters. The highest BCUT2D eigenvalue weighted by atomic mass is 32.2. The van der Waals surface area contributed by atoms with Crippen LogP contribution in [0.5, 0.6) is 0 Å². The van der Waals surface area contributed by atoms with Gasteiger partial charge in [-0.15, -0.1) is 0 Å². The standard InChI is InChI=1S/2C14H19F2NOS/c2*1-14(2,3)19(18)17-8-4-5-13(17)11-9-10(15)6-7-12(11)16/h2*6-7,9,13H,4-5,8H2,1-3H3/t13-,19+;13-,19-/m10/s1. The molecule has 0 spiro atoms. The zero-order valence-corrected chi connectivity index (χ0v) is 24.5. The first-order valence-electron chi connectivity index (χ1n) is 12.9. The molecular formula is C28H38F4N2O2S2. The van der Waals surface area contributed by atoms with Gasteiger partial charge in [-0.25, -0.2) is 34.6 Å². The average Bonchev–Trinajstić information content (AvgIpc) is 3.50. The summed E-state index contributed by atoms with van der Waals surface area (Å²) in [5.41, 5.74) is 0.630. The van der Waals surface area contributed by atoms with E-state index < -0.39 is 54.7 Å². The monoisotopic (exact) mass is 574 g/mol. The van der Waals surface area contributed by atoms with E-state index in [0.717, 1.165) is 37.1 Å². The second-order valence-corrected chi connectivity index (χ2v) is 16.0. The minimum atomic E-state index is -1.21. The van der Waals surface area contributed by atoms with Crippen molar-refractivity contribution in [2.24, 2.45) is 0 Å². The second kappa shape index (κ2) is 12.3. The molecule has 2 aliphatic heterocycles. The Kier molecular flexibility index (Phi) is 9.98. The van der Waals surface area contributed by atoms with Gasteiger partial charge in [0.15, 0.2) is 0 Å². The summed E-state index contributed by atoms with van der Waals surface area (Å²) in [6, 6.07) is 6.35. The maximum atomic E-state index is 13.9. The predicted molar refractivity (Wildman–Crippen MR) is 146 cm³/mol. The molecule has 0 aromatic heterocycles. The van der Waals surface area contributed by atoms with Gasteiger partial charge in [0.05, 0.1) is 21.6 Å². The first-order chi connectivity index (χ1) is 17.6. The summed E-state index contributed by atoms with van der Waals surface area (Å²) in [5.74, 6) is -1.76. The van der Waals surface area contributed by atoms with Crippen LogP contribution in [0.4, 0.5) is 17.6 Å². The molecule has 2 heterocycles. The van der Waals surface area contributed by atoms with E-state index in [9.17, 15) is 26.0 Å². The van der Waals surface area contributed by atoms with Gasteiger partial charge < -0.3 is 0 Å². The van der Waals surface area contributed by atoms with Crippen molar-refractivity contribution in [1.29, 1.82) is 0 Å². The molecule has 2 fully saturated rings. The van der Waals surface area contributed by atoms with Gasteiger partial charge in [0.1, 0.15) is 45.2 Å². The highest BCUT2D eigenvalue weighted by molar-refractivity contribution is 7.84. The highest BCUT2D eigenvalue weighted by Gasteiger charge is 2.38. The summed E-state index contributed by atoms with van der Waals surface area (Å²) in [6.45, 7) is 12.7. The lowest BCUT2D eigenvalue weighted by Gasteiger charge is -2.30. The smallest absolute Gasteiger partial charge is 0.128 e. The number of benzene rings is 2. The Morgan fingerprint density at radius 3 is 1.32 bits per heavy atom. The predicted octanol–water partition coefficient (Wildman–Crippen LogP) is 7.13. The van der Waals surface area contributed by atoms with Gasteiger partial charge in [-0.2, -0.15) is 0 Å². The fourth-order valence-electron chi connectivity index (χ4n) is 4.74. The molecule has 2 saturated heterocycles. The lowest BCUT2D eigenvalue weighted by molar-refractivity contribution is 0.401. The van der Waals surface area contributed by atoms with E-state index in [1.807, 2.05) is 41.5 Å². The minimum Gasteiger partial charge on any atom is -0.242 e. The SMILES string of the molecule is CC(C)(C)[S@](=O)N1CCC[C@@H]1c1cc(F)ccc1F.CC(C)(C)[S@](=O)N1CCC[C@H]1c1cc(F)ccc1F. The average molecular weight is 575 g/mol. The van der Waals surface area contributed by atoms with Crippen molar-refractivity contribution in [2.75, 3.05) is 13.1 Å². The van der Waals surface area contributed by atoms with Crippen LogP contribution in [0.3, 0.4) is 0 Å². The van der Waals surface area contributed by atoms with E-state index in [1.54, 1.807) is 8.61 Å². The molecule has 0 aliphatic carbocycles. The molecule has 0 amide bonds. The van der Waals surface area contributed by atoms with Crippen LogP contribution in [0.1, 0.15) is 90.4 Å². The zero-order chi connectivity index (χ0) is 28.4. The molecule has 4 atom stereocenters. The van der Waals surface area contributed by atoms with Crippen molar-refractivity contribution >= 4 is 22.0 Å². The van der Waals surface area contributed by atoms with Crippen LogP contribution in [0, 0.1) is 23.3 Å². The maximum Gasteiger partial charge on any atom is 0.128 e. The van der Waals surface area contributed by atoms with Gasteiger partial charge in [-0.05, 0) is 104 Å². The van der Waals surface area contributed by atoms with E-state index in [2.05, 4.69) is 0 Å². The van der Waals surface area contributed by atoms with Crippen molar-refractivity contribution < 1.29 is 26.0 Å². The van der Waals surface area contributed by atoms with Crippen LogP contribution in [-0.2, 0) is 22.0 Å². The van der Waals surface area contributed by atoms with Gasteiger partial charge >= 0.3 is 0 Å². The Bertz CT molecular complexity index is 1090. The molecule has 2 aromatic rings. The van der Waals surface area contributed by atoms with Gasteiger partial charge in [-0.3, -0.25) is 0 Å². The quantitative estimate of drug-likeness (QED) is 0.365. The van der Waals surface area contributed by atoms with Gasteiger partial charge in [0, 0.05) is 24.2 Å². The molecule has 10 heteroatoms. The third kappa shape index (κ3) is 7.31. The second-order valence-electron chi connectivity index (χ2n) is 11.7. The molecule has 212 valence electrons. The van der Waals surface area contributed by atoms with Crippen LogP contribution in [0.25, 0.3) is 0 Å². The molecule has 0 radical (unpaired) electrons. The Labute approximate surface area is 229 Å². The fourth-order valence-corrected chi connectivity index (χ4v) is 7.64. The summed E-state index contributed by atoms with van der Waals surface area (Å²) >= 11 is 0. The van der Waals surface area contributed by atoms with E-state index in [0.29, 0.717) is 37.1 Å². The van der Waals surface area contributed by atoms with Crippen molar-refractivity contribution in [3.8, 4) is 0 Å². The molecule has 38 heavy (non-hydrogen) atoms. The lowest BCUT2D eigenvalue weighted by atomic mass is 10.0. The zero-order valence-electron chi connectivity index (χ0n) is 22.9. The Morgan fingerprint density at radius 1 is 0.658 bits per heavy atom. The first-order valence-corrected chi connectivity index (χ1v) is 15.1. The third-order valence-electron chi connectivity index (χ3n) is 6.52. The Hall–Kier alpha value is -1.62. The van der Waals surface area contributed by atoms with Crippen LogP contribution in [-0.4, -0.2) is 39.6 Å². The normalized spacial score (nSPS) is 22.7. The van der Waals surface area contributed by atoms with Crippen molar-refractivity contribution in [2.45, 2.75) is 88.8 Å². The Balaban J connectivity index is 0.000000211. The van der Waals surface area contributed by atoms with Crippen molar-refractivity contribution in [3.63, 3.8) is 0 Å². The van der Waals surface area contributed by atoms with E-state index in [4.69, 9.17) is 0 Å². The number of halogens is 4. The number of rotatable bonds is 4.